The van der Waals surface area contributed by atoms with Gasteiger partial charge in [0, 0.05) is 35.8 Å². The van der Waals surface area contributed by atoms with E-state index in [0.717, 1.165) is 28.3 Å². The van der Waals surface area contributed by atoms with Crippen molar-refractivity contribution in [3.8, 4) is 0 Å². The van der Waals surface area contributed by atoms with Gasteiger partial charge in [-0.15, -0.1) is 12.4 Å². The number of aromatic amines is 1. The molecule has 1 heterocycles. The van der Waals surface area contributed by atoms with Crippen molar-refractivity contribution in [1.82, 2.24) is 10.3 Å². The Kier molecular flexibility index (Phi) is 7.84. The fourth-order valence-electron chi connectivity index (χ4n) is 3.28. The van der Waals surface area contributed by atoms with Crippen LogP contribution in [0, 0.1) is 0 Å². The quantitative estimate of drug-likeness (QED) is 0.505. The summed E-state index contributed by atoms with van der Waals surface area (Å²) in [6, 6.07) is 17.1. The Labute approximate surface area is 177 Å². The third-order valence-corrected chi connectivity index (χ3v) is 5.79. The summed E-state index contributed by atoms with van der Waals surface area (Å²) in [7, 11) is -3.15. The number of amides is 1. The summed E-state index contributed by atoms with van der Waals surface area (Å²) in [6.45, 7) is 0.372. The highest BCUT2D eigenvalue weighted by Gasteiger charge is 2.21. The maximum Gasteiger partial charge on any atom is 0.236 e. The number of halogens is 1. The molecule has 3 rings (SSSR count). The van der Waals surface area contributed by atoms with Crippen LogP contribution in [0.4, 0.5) is 0 Å². The number of nitrogens with two attached hydrogens (primary N) is 1. The number of hydrogen-bond acceptors (Lipinski definition) is 4. The Morgan fingerprint density at radius 1 is 1.10 bits per heavy atom. The number of hydrogen-bond donors (Lipinski definition) is 3. The van der Waals surface area contributed by atoms with Gasteiger partial charge in [0.05, 0.1) is 11.8 Å². The Bertz CT molecular complexity index is 1050. The summed E-state index contributed by atoms with van der Waals surface area (Å²) in [4.78, 5) is 15.7. The second kappa shape index (κ2) is 9.91. The van der Waals surface area contributed by atoms with Crippen molar-refractivity contribution < 1.29 is 13.2 Å². The van der Waals surface area contributed by atoms with Crippen LogP contribution in [0.5, 0.6) is 0 Å². The maximum absolute atomic E-state index is 12.4. The number of rotatable bonds is 8. The third-order valence-electron chi connectivity index (χ3n) is 4.82. The van der Waals surface area contributed by atoms with Crippen LogP contribution in [0.15, 0.2) is 60.8 Å². The molecule has 8 heteroatoms. The van der Waals surface area contributed by atoms with Gasteiger partial charge in [0.25, 0.3) is 0 Å². The second-order valence-electron chi connectivity index (χ2n) is 7.02. The molecule has 2 aromatic carbocycles. The maximum atomic E-state index is 12.4. The van der Waals surface area contributed by atoms with Gasteiger partial charge in [-0.25, -0.2) is 8.42 Å². The number of aromatic nitrogens is 1. The highest BCUT2D eigenvalue weighted by atomic mass is 35.5. The van der Waals surface area contributed by atoms with Crippen molar-refractivity contribution in [3.05, 3.63) is 71.9 Å². The van der Waals surface area contributed by atoms with Crippen LogP contribution in [-0.4, -0.2) is 43.9 Å². The topological polar surface area (TPSA) is 105 Å². The van der Waals surface area contributed by atoms with Crippen molar-refractivity contribution in [2.45, 2.75) is 18.4 Å². The number of sulfone groups is 1. The average molecular weight is 436 g/mol. The van der Waals surface area contributed by atoms with E-state index in [4.69, 9.17) is 5.73 Å². The van der Waals surface area contributed by atoms with Gasteiger partial charge in [-0.1, -0.05) is 48.5 Å². The fraction of sp³-hybridized carbons (Fsp3) is 0.286. The van der Waals surface area contributed by atoms with E-state index in [0.29, 0.717) is 6.54 Å². The molecule has 0 fully saturated rings. The number of nitrogens with one attached hydrogen (secondary N) is 2. The lowest BCUT2D eigenvalue weighted by molar-refractivity contribution is -0.122. The molecule has 1 aromatic heterocycles. The largest absolute Gasteiger partial charge is 0.361 e. The normalized spacial score (nSPS) is 13.4. The van der Waals surface area contributed by atoms with Crippen molar-refractivity contribution in [3.63, 3.8) is 0 Å². The molecule has 0 bridgehead atoms. The molecule has 2 atom stereocenters. The Morgan fingerprint density at radius 3 is 2.45 bits per heavy atom. The highest BCUT2D eigenvalue weighted by Crippen LogP contribution is 2.30. The summed E-state index contributed by atoms with van der Waals surface area (Å²) in [5, 5.41) is 4.00. The van der Waals surface area contributed by atoms with E-state index in [-0.39, 0.29) is 36.4 Å². The molecule has 156 valence electrons. The first-order valence-electron chi connectivity index (χ1n) is 9.17. The van der Waals surface area contributed by atoms with Crippen molar-refractivity contribution >= 4 is 39.1 Å². The second-order valence-corrected chi connectivity index (χ2v) is 9.28. The van der Waals surface area contributed by atoms with Gasteiger partial charge in [-0.3, -0.25) is 4.79 Å². The van der Waals surface area contributed by atoms with Crippen LogP contribution < -0.4 is 11.1 Å². The van der Waals surface area contributed by atoms with Gasteiger partial charge in [0.1, 0.15) is 9.84 Å². The minimum Gasteiger partial charge on any atom is -0.361 e. The molecule has 0 aliphatic heterocycles. The van der Waals surface area contributed by atoms with E-state index in [1.807, 2.05) is 54.7 Å². The number of carbonyl (C=O) groups is 1. The van der Waals surface area contributed by atoms with E-state index >= 15 is 0 Å². The minimum atomic E-state index is -3.15. The monoisotopic (exact) mass is 435 g/mol. The number of para-hydroxylation sites is 1. The lowest BCUT2D eigenvalue weighted by Gasteiger charge is -2.20. The Balaban J connectivity index is 0.00000300. The molecule has 3 aromatic rings. The van der Waals surface area contributed by atoms with Gasteiger partial charge in [0.2, 0.25) is 5.91 Å². The zero-order chi connectivity index (χ0) is 20.1. The molecular weight excluding hydrogens is 410 g/mol. The molecule has 6 nitrogen and oxygen atoms in total. The highest BCUT2D eigenvalue weighted by molar-refractivity contribution is 7.90. The molecule has 0 aliphatic rings. The van der Waals surface area contributed by atoms with E-state index in [9.17, 15) is 13.2 Å². The SMILES string of the molecule is CS(=O)(=O)CCC(N)C(=O)NCC(c1ccccc1)c1c[nH]c2ccccc12.Cl. The summed E-state index contributed by atoms with van der Waals surface area (Å²) in [5.74, 6) is -0.501. The Hall–Kier alpha value is -2.35. The lowest BCUT2D eigenvalue weighted by Crippen LogP contribution is -2.43. The predicted molar refractivity (Wildman–Crippen MR) is 119 cm³/mol. The van der Waals surface area contributed by atoms with Crippen molar-refractivity contribution in [2.24, 2.45) is 5.73 Å². The summed E-state index contributed by atoms with van der Waals surface area (Å²) in [6.07, 6.45) is 3.21. The van der Waals surface area contributed by atoms with Crippen LogP contribution in [0.25, 0.3) is 10.9 Å². The van der Waals surface area contributed by atoms with E-state index in [2.05, 4.69) is 16.4 Å². The van der Waals surface area contributed by atoms with Crippen LogP contribution in [0.2, 0.25) is 0 Å². The number of carbonyl (C=O) groups excluding carboxylic acids is 1. The molecular formula is C21H26ClN3O3S. The first kappa shape index (κ1) is 22.9. The molecule has 0 aliphatic carbocycles. The molecule has 0 saturated carbocycles. The zero-order valence-electron chi connectivity index (χ0n) is 16.2. The number of fused-ring (bicyclic) bond motifs is 1. The van der Waals surface area contributed by atoms with Crippen LogP contribution >= 0.6 is 12.4 Å². The van der Waals surface area contributed by atoms with Crippen molar-refractivity contribution in [1.29, 1.82) is 0 Å². The smallest absolute Gasteiger partial charge is 0.236 e. The van der Waals surface area contributed by atoms with Crippen LogP contribution in [-0.2, 0) is 14.6 Å². The van der Waals surface area contributed by atoms with Gasteiger partial charge in [-0.2, -0.15) is 0 Å². The first-order chi connectivity index (χ1) is 13.3. The minimum absolute atomic E-state index is 0. The zero-order valence-corrected chi connectivity index (χ0v) is 17.8. The summed E-state index contributed by atoms with van der Waals surface area (Å²) >= 11 is 0. The molecule has 0 spiro atoms. The van der Waals surface area contributed by atoms with Gasteiger partial charge >= 0.3 is 0 Å². The van der Waals surface area contributed by atoms with E-state index in [1.54, 1.807) is 0 Å². The number of benzene rings is 2. The number of H-pyrrole nitrogens is 1. The molecule has 0 radical (unpaired) electrons. The molecule has 29 heavy (non-hydrogen) atoms. The van der Waals surface area contributed by atoms with E-state index < -0.39 is 15.9 Å². The summed E-state index contributed by atoms with van der Waals surface area (Å²) < 4.78 is 22.6. The fourth-order valence-corrected chi connectivity index (χ4v) is 3.96. The van der Waals surface area contributed by atoms with Crippen molar-refractivity contribution in [2.75, 3.05) is 18.6 Å². The summed E-state index contributed by atoms with van der Waals surface area (Å²) in [5.41, 5.74) is 9.08. The lowest BCUT2D eigenvalue weighted by atomic mass is 9.91. The first-order valence-corrected chi connectivity index (χ1v) is 11.2. The van der Waals surface area contributed by atoms with Gasteiger partial charge in [0.15, 0.2) is 0 Å². The van der Waals surface area contributed by atoms with Crippen LogP contribution in [0.3, 0.4) is 0 Å². The average Bonchev–Trinajstić information content (AvgIpc) is 3.10. The molecule has 4 N–H and O–H groups in total. The molecule has 0 saturated heterocycles. The van der Waals surface area contributed by atoms with E-state index in [1.165, 1.54) is 0 Å². The predicted octanol–water partition coefficient (Wildman–Crippen LogP) is 2.60. The standard InChI is InChI=1S/C21H25N3O3S.ClH/c1-28(26,27)12-11-19(22)21(25)24-13-17(15-7-3-2-4-8-15)18-14-23-20-10-6-5-9-16(18)20;/h2-10,14,17,19,23H,11-13,22H2,1H3,(H,24,25);1H. The van der Waals surface area contributed by atoms with Gasteiger partial charge in [-0.05, 0) is 23.6 Å². The molecule has 2 unspecified atom stereocenters. The third kappa shape index (κ3) is 6.06. The molecule has 1 amide bonds. The Morgan fingerprint density at radius 2 is 1.76 bits per heavy atom. The van der Waals surface area contributed by atoms with Crippen LogP contribution in [0.1, 0.15) is 23.5 Å². The van der Waals surface area contributed by atoms with Gasteiger partial charge < -0.3 is 16.0 Å².